The van der Waals surface area contributed by atoms with Crippen molar-refractivity contribution in [2.75, 3.05) is 25.1 Å². The molecule has 1 atom stereocenters. The van der Waals surface area contributed by atoms with E-state index >= 15 is 0 Å². The Bertz CT molecular complexity index is 1480. The van der Waals surface area contributed by atoms with Crippen molar-refractivity contribution in [3.63, 3.8) is 0 Å². The molecule has 42 heavy (non-hydrogen) atoms. The summed E-state index contributed by atoms with van der Waals surface area (Å²) in [6.45, 7) is 1.17. The maximum absolute atomic E-state index is 14.1. The van der Waals surface area contributed by atoms with Crippen LogP contribution >= 0.6 is 11.6 Å². The number of rotatable bonds is 12. The van der Waals surface area contributed by atoms with Gasteiger partial charge in [0.25, 0.3) is 10.0 Å². The third kappa shape index (κ3) is 7.35. The number of carbonyl (C=O) groups is 2. The topological polar surface area (TPSA) is 105 Å². The number of carbonyl (C=O) groups excluding carboxylic acids is 2. The Morgan fingerprint density at radius 1 is 0.952 bits per heavy atom. The Labute approximate surface area is 252 Å². The number of benzene rings is 3. The first-order valence-corrected chi connectivity index (χ1v) is 15.6. The maximum Gasteiger partial charge on any atom is 0.264 e. The summed E-state index contributed by atoms with van der Waals surface area (Å²) in [4.78, 5) is 28.8. The van der Waals surface area contributed by atoms with Gasteiger partial charge in [0.05, 0.1) is 24.8 Å². The lowest BCUT2D eigenvalue weighted by Crippen LogP contribution is -2.52. The second-order valence-electron chi connectivity index (χ2n) is 10.2. The molecule has 1 fully saturated rings. The van der Waals surface area contributed by atoms with Gasteiger partial charge in [-0.2, -0.15) is 0 Å². The summed E-state index contributed by atoms with van der Waals surface area (Å²) in [6.07, 6.45) is 3.88. The van der Waals surface area contributed by atoms with Crippen LogP contribution in [0.1, 0.15) is 38.2 Å². The Balaban J connectivity index is 1.71. The number of amides is 2. The summed E-state index contributed by atoms with van der Waals surface area (Å²) in [5.74, 6) is -0.0724. The van der Waals surface area contributed by atoms with Crippen LogP contribution in [0.5, 0.6) is 11.5 Å². The van der Waals surface area contributed by atoms with Crippen molar-refractivity contribution in [2.24, 2.45) is 0 Å². The fourth-order valence-electron chi connectivity index (χ4n) is 4.99. The van der Waals surface area contributed by atoms with Crippen LogP contribution in [0.3, 0.4) is 0 Å². The summed E-state index contributed by atoms with van der Waals surface area (Å²) in [7, 11) is -1.33. The minimum absolute atomic E-state index is 0.0294. The molecule has 0 radical (unpaired) electrons. The molecular formula is C31H36ClN3O6S. The Morgan fingerprint density at radius 2 is 1.60 bits per heavy atom. The van der Waals surface area contributed by atoms with Crippen molar-refractivity contribution in [1.29, 1.82) is 0 Å². The Morgan fingerprint density at radius 3 is 2.21 bits per heavy atom. The van der Waals surface area contributed by atoms with Gasteiger partial charge in [-0.15, -0.1) is 0 Å². The first kappa shape index (κ1) is 31.2. The number of ether oxygens (including phenoxy) is 2. The number of anilines is 1. The zero-order valence-electron chi connectivity index (χ0n) is 24.0. The van der Waals surface area contributed by atoms with Crippen LogP contribution in [0.4, 0.5) is 5.69 Å². The minimum Gasteiger partial charge on any atom is -0.497 e. The van der Waals surface area contributed by atoms with E-state index in [1.165, 1.54) is 43.4 Å². The van der Waals surface area contributed by atoms with Crippen molar-refractivity contribution in [3.05, 3.63) is 83.4 Å². The number of methoxy groups -OCH3 is 2. The molecule has 0 aromatic heterocycles. The van der Waals surface area contributed by atoms with Gasteiger partial charge in [0, 0.05) is 17.6 Å². The predicted molar refractivity (Wildman–Crippen MR) is 162 cm³/mol. The second-order valence-corrected chi connectivity index (χ2v) is 12.5. The van der Waals surface area contributed by atoms with Crippen LogP contribution in [-0.4, -0.2) is 58.0 Å². The van der Waals surface area contributed by atoms with E-state index in [0.29, 0.717) is 10.8 Å². The molecule has 2 amide bonds. The van der Waals surface area contributed by atoms with E-state index in [0.717, 1.165) is 35.6 Å². The van der Waals surface area contributed by atoms with Crippen LogP contribution in [0.25, 0.3) is 0 Å². The fourth-order valence-corrected chi connectivity index (χ4v) is 6.54. The normalized spacial score (nSPS) is 14.2. The molecule has 11 heteroatoms. The minimum atomic E-state index is -4.25. The number of nitrogens with zero attached hydrogens (tertiary/aromatic N) is 2. The first-order chi connectivity index (χ1) is 20.1. The zero-order chi connectivity index (χ0) is 30.3. The third-order valence-electron chi connectivity index (χ3n) is 7.42. The van der Waals surface area contributed by atoms with Crippen molar-refractivity contribution in [2.45, 2.75) is 56.1 Å². The third-order valence-corrected chi connectivity index (χ3v) is 9.44. The van der Waals surface area contributed by atoms with Gasteiger partial charge in [-0.1, -0.05) is 48.7 Å². The molecule has 1 aliphatic carbocycles. The van der Waals surface area contributed by atoms with Gasteiger partial charge >= 0.3 is 0 Å². The number of sulfonamides is 1. The van der Waals surface area contributed by atoms with E-state index in [1.54, 1.807) is 55.5 Å². The maximum atomic E-state index is 14.1. The molecule has 0 aliphatic heterocycles. The van der Waals surface area contributed by atoms with Crippen LogP contribution in [0, 0.1) is 0 Å². The van der Waals surface area contributed by atoms with Crippen LogP contribution in [0.15, 0.2) is 77.7 Å². The van der Waals surface area contributed by atoms with E-state index in [4.69, 9.17) is 21.1 Å². The highest BCUT2D eigenvalue weighted by Crippen LogP contribution is 2.33. The lowest BCUT2D eigenvalue weighted by molar-refractivity contribution is -0.139. The van der Waals surface area contributed by atoms with Crippen molar-refractivity contribution < 1.29 is 27.5 Å². The molecule has 224 valence electrons. The smallest absolute Gasteiger partial charge is 0.264 e. The number of hydrogen-bond donors (Lipinski definition) is 1. The summed E-state index contributed by atoms with van der Waals surface area (Å²) < 4.78 is 39.8. The summed E-state index contributed by atoms with van der Waals surface area (Å²) >= 11 is 6.07. The standard InChI is InChI=1S/C31H36ClN3O6S/c1-22(31(37)33-25-8-4-5-9-25)34(20-23-12-14-24(32)15-13-23)30(36)21-35(28-10-6-7-11-29(28)41-3)42(38,39)27-18-16-26(40-2)17-19-27/h6-7,10-19,22,25H,4-5,8-9,20-21H2,1-3H3,(H,33,37)/t22-/m1/s1. The van der Waals surface area contributed by atoms with E-state index in [9.17, 15) is 18.0 Å². The molecule has 0 bridgehead atoms. The van der Waals surface area contributed by atoms with Gasteiger partial charge in [0.1, 0.15) is 24.1 Å². The van der Waals surface area contributed by atoms with Gasteiger partial charge in [-0.05, 0) is 73.9 Å². The molecule has 0 spiro atoms. The summed E-state index contributed by atoms with van der Waals surface area (Å²) in [5.41, 5.74) is 0.939. The van der Waals surface area contributed by atoms with Crippen LogP contribution in [-0.2, 0) is 26.2 Å². The van der Waals surface area contributed by atoms with Crippen LogP contribution < -0.4 is 19.1 Å². The second kappa shape index (κ2) is 13.9. The fraction of sp³-hybridized carbons (Fsp3) is 0.355. The lowest BCUT2D eigenvalue weighted by atomic mass is 10.1. The van der Waals surface area contributed by atoms with Gasteiger partial charge in [-0.25, -0.2) is 8.42 Å². The van der Waals surface area contributed by atoms with Gasteiger partial charge in [0.2, 0.25) is 11.8 Å². The highest BCUT2D eigenvalue weighted by molar-refractivity contribution is 7.92. The number of para-hydroxylation sites is 2. The lowest BCUT2D eigenvalue weighted by Gasteiger charge is -2.32. The van der Waals surface area contributed by atoms with Gasteiger partial charge in [0.15, 0.2) is 0 Å². The van der Waals surface area contributed by atoms with E-state index in [2.05, 4.69) is 5.32 Å². The molecule has 9 nitrogen and oxygen atoms in total. The van der Waals surface area contributed by atoms with Crippen molar-refractivity contribution in [1.82, 2.24) is 10.2 Å². The Kier molecular flexibility index (Phi) is 10.3. The van der Waals surface area contributed by atoms with Crippen molar-refractivity contribution in [3.8, 4) is 11.5 Å². The number of hydrogen-bond acceptors (Lipinski definition) is 6. The van der Waals surface area contributed by atoms with Gasteiger partial charge < -0.3 is 19.7 Å². The predicted octanol–water partition coefficient (Wildman–Crippen LogP) is 5.03. The molecule has 0 unspecified atom stereocenters. The summed E-state index contributed by atoms with van der Waals surface area (Å²) in [6, 6.07) is 18.7. The quantitative estimate of drug-likeness (QED) is 0.307. The molecule has 1 aliphatic rings. The van der Waals surface area contributed by atoms with E-state index < -0.39 is 28.5 Å². The van der Waals surface area contributed by atoms with Crippen molar-refractivity contribution >= 4 is 39.1 Å². The van der Waals surface area contributed by atoms with Gasteiger partial charge in [-0.3, -0.25) is 13.9 Å². The largest absolute Gasteiger partial charge is 0.497 e. The SMILES string of the molecule is COc1ccc(S(=O)(=O)N(CC(=O)N(Cc2ccc(Cl)cc2)[C@H](C)C(=O)NC2CCCC2)c2ccccc2OC)cc1. The van der Waals surface area contributed by atoms with E-state index in [1.807, 2.05) is 0 Å². The average molecular weight is 614 g/mol. The Hall–Kier alpha value is -3.76. The molecule has 1 saturated carbocycles. The highest BCUT2D eigenvalue weighted by atomic mass is 35.5. The highest BCUT2D eigenvalue weighted by Gasteiger charge is 2.34. The van der Waals surface area contributed by atoms with Crippen LogP contribution in [0.2, 0.25) is 5.02 Å². The number of halogens is 1. The molecule has 4 rings (SSSR count). The molecule has 1 N–H and O–H groups in total. The molecule has 0 saturated heterocycles. The molecular weight excluding hydrogens is 578 g/mol. The summed E-state index contributed by atoms with van der Waals surface area (Å²) in [5, 5.41) is 3.60. The molecule has 3 aromatic carbocycles. The monoisotopic (exact) mass is 613 g/mol. The molecule has 3 aromatic rings. The van der Waals surface area contributed by atoms with E-state index in [-0.39, 0.29) is 34.8 Å². The first-order valence-electron chi connectivity index (χ1n) is 13.8. The molecule has 0 heterocycles. The average Bonchev–Trinajstić information content (AvgIpc) is 3.52. The zero-order valence-corrected chi connectivity index (χ0v) is 25.5. The number of nitrogens with one attached hydrogen (secondary N) is 1.